The first-order valence-electron chi connectivity index (χ1n) is 6.10. The summed E-state index contributed by atoms with van der Waals surface area (Å²) in [5, 5.41) is 0.712. The van der Waals surface area contributed by atoms with E-state index in [9.17, 15) is 4.39 Å². The monoisotopic (exact) mass is 269 g/mol. The molecule has 0 saturated heterocycles. The van der Waals surface area contributed by atoms with Crippen molar-refractivity contribution < 1.29 is 9.13 Å². The van der Waals surface area contributed by atoms with E-state index in [2.05, 4.69) is 9.97 Å². The Bertz CT molecular complexity index is 761. The Morgan fingerprint density at radius 2 is 1.95 bits per heavy atom. The first kappa shape index (κ1) is 12.3. The molecule has 0 unspecified atom stereocenters. The normalized spacial score (nSPS) is 10.7. The molecular formula is C15H12FN3O. The lowest BCUT2D eigenvalue weighted by molar-refractivity contribution is 0.291. The molecule has 0 fully saturated rings. The van der Waals surface area contributed by atoms with E-state index in [4.69, 9.17) is 10.5 Å². The minimum absolute atomic E-state index is 0.105. The highest BCUT2D eigenvalue weighted by atomic mass is 19.1. The maximum absolute atomic E-state index is 13.5. The van der Waals surface area contributed by atoms with E-state index in [-0.39, 0.29) is 12.4 Å². The Morgan fingerprint density at radius 3 is 2.80 bits per heavy atom. The number of nitrogens with two attached hydrogens (primary N) is 1. The number of rotatable bonds is 3. The zero-order valence-corrected chi connectivity index (χ0v) is 10.6. The van der Waals surface area contributed by atoms with Crippen LogP contribution in [0, 0.1) is 5.82 Å². The molecule has 1 heterocycles. The SMILES string of the molecule is Nc1ccc2ncnc(OCc3ccccc3F)c2c1. The molecule has 0 aliphatic carbocycles. The summed E-state index contributed by atoms with van der Waals surface area (Å²) in [6.45, 7) is 0.105. The number of fused-ring (bicyclic) bond motifs is 1. The number of hydrogen-bond acceptors (Lipinski definition) is 4. The fraction of sp³-hybridized carbons (Fsp3) is 0.0667. The van der Waals surface area contributed by atoms with Gasteiger partial charge in [0.15, 0.2) is 0 Å². The Morgan fingerprint density at radius 1 is 1.10 bits per heavy atom. The second kappa shape index (κ2) is 5.13. The molecule has 5 heteroatoms. The number of ether oxygens (including phenoxy) is 1. The number of halogens is 1. The fourth-order valence-electron chi connectivity index (χ4n) is 1.93. The fourth-order valence-corrected chi connectivity index (χ4v) is 1.93. The molecule has 0 aliphatic rings. The molecule has 100 valence electrons. The van der Waals surface area contributed by atoms with Crippen molar-refractivity contribution in [2.75, 3.05) is 5.73 Å². The lowest BCUT2D eigenvalue weighted by Gasteiger charge is -2.08. The third kappa shape index (κ3) is 2.38. The van der Waals surface area contributed by atoms with Crippen molar-refractivity contribution in [2.24, 2.45) is 0 Å². The number of aromatic nitrogens is 2. The molecule has 0 radical (unpaired) electrons. The van der Waals surface area contributed by atoms with Gasteiger partial charge >= 0.3 is 0 Å². The maximum Gasteiger partial charge on any atom is 0.224 e. The summed E-state index contributed by atoms with van der Waals surface area (Å²) in [5.74, 6) is 0.0935. The summed E-state index contributed by atoms with van der Waals surface area (Å²) in [4.78, 5) is 8.22. The largest absolute Gasteiger partial charge is 0.472 e. The zero-order chi connectivity index (χ0) is 13.9. The van der Waals surface area contributed by atoms with Crippen LogP contribution in [0.1, 0.15) is 5.56 Å². The van der Waals surface area contributed by atoms with Crippen LogP contribution in [-0.4, -0.2) is 9.97 Å². The molecule has 3 rings (SSSR count). The van der Waals surface area contributed by atoms with Gasteiger partial charge in [-0.25, -0.2) is 14.4 Å². The summed E-state index contributed by atoms with van der Waals surface area (Å²) < 4.78 is 19.1. The smallest absolute Gasteiger partial charge is 0.224 e. The van der Waals surface area contributed by atoms with Crippen molar-refractivity contribution in [2.45, 2.75) is 6.61 Å². The Kier molecular flexibility index (Phi) is 3.16. The lowest BCUT2D eigenvalue weighted by Crippen LogP contribution is -2.01. The molecule has 1 aromatic heterocycles. The Hall–Kier alpha value is -2.69. The molecule has 0 saturated carbocycles. The molecule has 0 atom stereocenters. The van der Waals surface area contributed by atoms with Crippen molar-refractivity contribution in [1.82, 2.24) is 9.97 Å². The van der Waals surface area contributed by atoms with E-state index in [0.29, 0.717) is 22.5 Å². The molecule has 0 amide bonds. The molecule has 20 heavy (non-hydrogen) atoms. The van der Waals surface area contributed by atoms with Crippen LogP contribution >= 0.6 is 0 Å². The summed E-state index contributed by atoms with van der Waals surface area (Å²) in [5.41, 5.74) is 7.56. The van der Waals surface area contributed by atoms with Gasteiger partial charge in [0.2, 0.25) is 5.88 Å². The summed E-state index contributed by atoms with van der Waals surface area (Å²) in [6.07, 6.45) is 1.41. The van der Waals surface area contributed by atoms with Gasteiger partial charge in [-0.2, -0.15) is 0 Å². The van der Waals surface area contributed by atoms with Crippen LogP contribution in [0.5, 0.6) is 5.88 Å². The first-order valence-corrected chi connectivity index (χ1v) is 6.10. The van der Waals surface area contributed by atoms with Gasteiger partial charge in [0, 0.05) is 11.3 Å². The highest BCUT2D eigenvalue weighted by Gasteiger charge is 2.07. The van der Waals surface area contributed by atoms with E-state index < -0.39 is 0 Å². The van der Waals surface area contributed by atoms with Crippen molar-refractivity contribution in [3.05, 3.63) is 60.2 Å². The van der Waals surface area contributed by atoms with Crippen molar-refractivity contribution in [1.29, 1.82) is 0 Å². The van der Waals surface area contributed by atoms with Crippen LogP contribution in [0.25, 0.3) is 10.9 Å². The summed E-state index contributed by atoms with van der Waals surface area (Å²) in [7, 11) is 0. The molecule has 0 aliphatic heterocycles. The number of nitrogen functional groups attached to an aromatic ring is 1. The van der Waals surface area contributed by atoms with Crippen LogP contribution in [-0.2, 0) is 6.61 Å². The topological polar surface area (TPSA) is 61.0 Å². The summed E-state index contributed by atoms with van der Waals surface area (Å²) in [6, 6.07) is 11.8. The van der Waals surface area contributed by atoms with E-state index in [0.717, 1.165) is 5.52 Å². The van der Waals surface area contributed by atoms with Gasteiger partial charge in [0.1, 0.15) is 18.8 Å². The van der Waals surface area contributed by atoms with Crippen LogP contribution in [0.2, 0.25) is 0 Å². The van der Waals surface area contributed by atoms with Crippen molar-refractivity contribution in [3.63, 3.8) is 0 Å². The third-order valence-corrected chi connectivity index (χ3v) is 2.95. The molecule has 3 aromatic rings. The van der Waals surface area contributed by atoms with E-state index in [1.54, 1.807) is 36.4 Å². The minimum atomic E-state index is -0.301. The number of benzene rings is 2. The van der Waals surface area contributed by atoms with Crippen LogP contribution < -0.4 is 10.5 Å². The number of hydrogen-bond donors (Lipinski definition) is 1. The molecule has 0 bridgehead atoms. The van der Waals surface area contributed by atoms with Crippen LogP contribution in [0.3, 0.4) is 0 Å². The van der Waals surface area contributed by atoms with Crippen LogP contribution in [0.15, 0.2) is 48.8 Å². The van der Waals surface area contributed by atoms with E-state index in [1.807, 2.05) is 0 Å². The number of nitrogens with zero attached hydrogens (tertiary/aromatic N) is 2. The molecule has 2 aromatic carbocycles. The van der Waals surface area contributed by atoms with E-state index >= 15 is 0 Å². The predicted octanol–water partition coefficient (Wildman–Crippen LogP) is 2.93. The highest BCUT2D eigenvalue weighted by molar-refractivity contribution is 5.86. The highest BCUT2D eigenvalue weighted by Crippen LogP contribution is 2.24. The molecule has 4 nitrogen and oxygen atoms in total. The molecule has 2 N–H and O–H groups in total. The Labute approximate surface area is 115 Å². The van der Waals surface area contributed by atoms with Gasteiger partial charge in [-0.1, -0.05) is 18.2 Å². The molecular weight excluding hydrogens is 257 g/mol. The van der Waals surface area contributed by atoms with Crippen molar-refractivity contribution in [3.8, 4) is 5.88 Å². The van der Waals surface area contributed by atoms with Gasteiger partial charge in [-0.3, -0.25) is 0 Å². The molecule has 0 spiro atoms. The minimum Gasteiger partial charge on any atom is -0.472 e. The second-order valence-electron chi connectivity index (χ2n) is 4.34. The zero-order valence-electron chi connectivity index (χ0n) is 10.6. The van der Waals surface area contributed by atoms with Gasteiger partial charge in [-0.15, -0.1) is 0 Å². The average molecular weight is 269 g/mol. The van der Waals surface area contributed by atoms with Gasteiger partial charge in [-0.05, 0) is 24.3 Å². The van der Waals surface area contributed by atoms with E-state index in [1.165, 1.54) is 12.4 Å². The van der Waals surface area contributed by atoms with Gasteiger partial charge in [0.05, 0.1) is 10.9 Å². The third-order valence-electron chi connectivity index (χ3n) is 2.95. The van der Waals surface area contributed by atoms with Gasteiger partial charge in [0.25, 0.3) is 0 Å². The standard InChI is InChI=1S/C15H12FN3O/c16-13-4-2-1-3-10(13)8-20-15-12-7-11(17)5-6-14(12)18-9-19-15/h1-7,9H,8,17H2. The first-order chi connectivity index (χ1) is 9.74. The van der Waals surface area contributed by atoms with Gasteiger partial charge < -0.3 is 10.5 Å². The maximum atomic E-state index is 13.5. The average Bonchev–Trinajstić information content (AvgIpc) is 2.46. The van der Waals surface area contributed by atoms with Crippen molar-refractivity contribution >= 4 is 16.6 Å². The predicted molar refractivity (Wildman–Crippen MR) is 74.7 cm³/mol. The number of anilines is 1. The lowest BCUT2D eigenvalue weighted by atomic mass is 10.2. The van der Waals surface area contributed by atoms with Crippen LogP contribution in [0.4, 0.5) is 10.1 Å². The second-order valence-corrected chi connectivity index (χ2v) is 4.34. The Balaban J connectivity index is 1.91. The summed E-state index contributed by atoms with van der Waals surface area (Å²) >= 11 is 0. The quantitative estimate of drug-likeness (QED) is 0.743.